The first-order chi connectivity index (χ1) is 9.79. The van der Waals surface area contributed by atoms with E-state index in [0.29, 0.717) is 6.07 Å². The number of rotatable bonds is 2. The van der Waals surface area contributed by atoms with Gasteiger partial charge in [0.25, 0.3) is 5.91 Å². The van der Waals surface area contributed by atoms with Gasteiger partial charge >= 0.3 is 6.18 Å². The molecule has 0 aromatic heterocycles. The van der Waals surface area contributed by atoms with Crippen molar-refractivity contribution in [1.82, 2.24) is 0 Å². The summed E-state index contributed by atoms with van der Waals surface area (Å²) < 4.78 is 64.4. The van der Waals surface area contributed by atoms with Gasteiger partial charge in [-0.05, 0) is 24.3 Å². The first-order valence-electron chi connectivity index (χ1n) is 5.71. The fourth-order valence-corrected chi connectivity index (χ4v) is 1.70. The largest absolute Gasteiger partial charge is 0.418 e. The molecule has 21 heavy (non-hydrogen) atoms. The molecule has 7 heteroatoms. The first-order valence-corrected chi connectivity index (χ1v) is 5.71. The number of alkyl halides is 3. The van der Waals surface area contributed by atoms with E-state index in [1.165, 1.54) is 6.07 Å². The Hall–Kier alpha value is -2.44. The van der Waals surface area contributed by atoms with Gasteiger partial charge in [0.05, 0.1) is 16.8 Å². The number of carbonyl (C=O) groups excluding carboxylic acids is 1. The van der Waals surface area contributed by atoms with Gasteiger partial charge in [-0.3, -0.25) is 4.79 Å². The highest BCUT2D eigenvalue weighted by Crippen LogP contribution is 2.34. The molecule has 0 spiro atoms. The lowest BCUT2D eigenvalue weighted by atomic mass is 10.1. The molecule has 0 saturated heterocycles. The molecule has 1 amide bonds. The van der Waals surface area contributed by atoms with Crippen molar-refractivity contribution in [2.45, 2.75) is 6.18 Å². The maximum absolute atomic E-state index is 13.4. The molecule has 2 rings (SSSR count). The van der Waals surface area contributed by atoms with Crippen LogP contribution in [-0.4, -0.2) is 5.91 Å². The summed E-state index contributed by atoms with van der Waals surface area (Å²) in [6.07, 6.45) is -4.66. The van der Waals surface area contributed by atoms with E-state index in [9.17, 15) is 26.7 Å². The average Bonchev–Trinajstić information content (AvgIpc) is 2.37. The summed E-state index contributed by atoms with van der Waals surface area (Å²) >= 11 is 0. The number of carbonyl (C=O) groups is 1. The molecule has 0 atom stereocenters. The molecular weight excluding hydrogens is 293 g/mol. The second-order valence-corrected chi connectivity index (χ2v) is 4.12. The van der Waals surface area contributed by atoms with Crippen LogP contribution in [-0.2, 0) is 6.18 Å². The van der Waals surface area contributed by atoms with Crippen LogP contribution >= 0.6 is 0 Å². The van der Waals surface area contributed by atoms with Crippen LogP contribution < -0.4 is 5.32 Å². The number of halogens is 5. The van der Waals surface area contributed by atoms with Crippen molar-refractivity contribution >= 4 is 11.6 Å². The lowest BCUT2D eigenvalue weighted by Crippen LogP contribution is -2.17. The van der Waals surface area contributed by atoms with Crippen LogP contribution in [0, 0.1) is 11.6 Å². The number of amides is 1. The molecule has 0 unspecified atom stereocenters. The van der Waals surface area contributed by atoms with Gasteiger partial charge in [-0.2, -0.15) is 13.2 Å². The smallest absolute Gasteiger partial charge is 0.321 e. The molecule has 2 aromatic rings. The SMILES string of the molecule is O=C(Nc1ccccc1C(F)(F)F)c1ccc(F)cc1F. The quantitative estimate of drug-likeness (QED) is 0.826. The van der Waals surface area contributed by atoms with Crippen molar-refractivity contribution < 1.29 is 26.7 Å². The van der Waals surface area contributed by atoms with E-state index in [0.717, 1.165) is 30.3 Å². The van der Waals surface area contributed by atoms with Crippen molar-refractivity contribution in [3.63, 3.8) is 0 Å². The molecule has 2 nitrogen and oxygen atoms in total. The average molecular weight is 301 g/mol. The van der Waals surface area contributed by atoms with Crippen molar-refractivity contribution in [2.75, 3.05) is 5.32 Å². The second kappa shape index (κ2) is 5.51. The van der Waals surface area contributed by atoms with E-state index in [2.05, 4.69) is 0 Å². The minimum atomic E-state index is -4.66. The molecule has 0 aliphatic heterocycles. The van der Waals surface area contributed by atoms with Gasteiger partial charge in [-0.25, -0.2) is 8.78 Å². The molecule has 2 aromatic carbocycles. The molecule has 0 radical (unpaired) electrons. The zero-order valence-electron chi connectivity index (χ0n) is 10.3. The van der Waals surface area contributed by atoms with Crippen molar-refractivity contribution in [2.24, 2.45) is 0 Å². The van der Waals surface area contributed by atoms with E-state index in [-0.39, 0.29) is 0 Å². The van der Waals surface area contributed by atoms with Gasteiger partial charge in [-0.1, -0.05) is 12.1 Å². The van der Waals surface area contributed by atoms with Crippen molar-refractivity contribution in [3.8, 4) is 0 Å². The molecule has 0 aliphatic rings. The number of para-hydroxylation sites is 1. The lowest BCUT2D eigenvalue weighted by Gasteiger charge is -2.13. The zero-order chi connectivity index (χ0) is 15.6. The summed E-state index contributed by atoms with van der Waals surface area (Å²) in [5, 5.41) is 1.97. The fraction of sp³-hybridized carbons (Fsp3) is 0.0714. The minimum Gasteiger partial charge on any atom is -0.321 e. The molecular formula is C14H8F5NO. The van der Waals surface area contributed by atoms with Gasteiger partial charge in [0, 0.05) is 6.07 Å². The summed E-state index contributed by atoms with van der Waals surface area (Å²) in [5.41, 5.74) is -2.10. The predicted molar refractivity (Wildman–Crippen MR) is 65.8 cm³/mol. The third kappa shape index (κ3) is 3.36. The Kier molecular flexibility index (Phi) is 3.93. The molecule has 0 fully saturated rings. The third-order valence-electron chi connectivity index (χ3n) is 2.66. The van der Waals surface area contributed by atoms with E-state index in [1.54, 1.807) is 0 Å². The van der Waals surface area contributed by atoms with Gasteiger partial charge in [0.2, 0.25) is 0 Å². The van der Waals surface area contributed by atoms with Crippen LogP contribution in [0.4, 0.5) is 27.6 Å². The topological polar surface area (TPSA) is 29.1 Å². The van der Waals surface area contributed by atoms with Crippen LogP contribution in [0.2, 0.25) is 0 Å². The Balaban J connectivity index is 2.32. The van der Waals surface area contributed by atoms with Gasteiger partial charge in [0.15, 0.2) is 0 Å². The van der Waals surface area contributed by atoms with Crippen LogP contribution in [0.15, 0.2) is 42.5 Å². The normalized spacial score (nSPS) is 11.3. The fourth-order valence-electron chi connectivity index (χ4n) is 1.70. The molecule has 0 aliphatic carbocycles. The zero-order valence-corrected chi connectivity index (χ0v) is 10.3. The summed E-state index contributed by atoms with van der Waals surface area (Å²) in [6.45, 7) is 0. The Morgan fingerprint density at radius 2 is 1.67 bits per heavy atom. The van der Waals surface area contributed by atoms with Gasteiger partial charge in [-0.15, -0.1) is 0 Å². The van der Waals surface area contributed by atoms with Crippen LogP contribution in [0.25, 0.3) is 0 Å². The Morgan fingerprint density at radius 3 is 2.29 bits per heavy atom. The highest BCUT2D eigenvalue weighted by molar-refractivity contribution is 6.04. The maximum atomic E-state index is 13.4. The first kappa shape index (κ1) is 15.0. The molecule has 110 valence electrons. The second-order valence-electron chi connectivity index (χ2n) is 4.12. The van der Waals surface area contributed by atoms with Crippen LogP contribution in [0.5, 0.6) is 0 Å². The predicted octanol–water partition coefficient (Wildman–Crippen LogP) is 4.24. The third-order valence-corrected chi connectivity index (χ3v) is 2.66. The lowest BCUT2D eigenvalue weighted by molar-refractivity contribution is -0.136. The summed E-state index contributed by atoms with van der Waals surface area (Å²) in [6, 6.07) is 6.47. The van der Waals surface area contributed by atoms with E-state index < -0.39 is 40.5 Å². The Bertz CT molecular complexity index is 681. The number of nitrogens with one attached hydrogen (secondary N) is 1. The summed E-state index contributed by atoms with van der Waals surface area (Å²) in [5.74, 6) is -3.14. The monoisotopic (exact) mass is 301 g/mol. The molecule has 0 saturated carbocycles. The minimum absolute atomic E-state index is 0.477. The van der Waals surface area contributed by atoms with E-state index in [4.69, 9.17) is 0 Å². The highest BCUT2D eigenvalue weighted by atomic mass is 19.4. The van der Waals surface area contributed by atoms with Gasteiger partial charge < -0.3 is 5.32 Å². The Labute approximate surface area is 116 Å². The summed E-state index contributed by atoms with van der Waals surface area (Å²) in [4.78, 5) is 11.8. The molecule has 0 heterocycles. The van der Waals surface area contributed by atoms with Crippen molar-refractivity contribution in [3.05, 3.63) is 65.2 Å². The standard InChI is InChI=1S/C14H8F5NO/c15-8-5-6-9(11(16)7-8)13(21)20-12-4-2-1-3-10(12)14(17,18)19/h1-7H,(H,20,21). The number of hydrogen-bond donors (Lipinski definition) is 1. The van der Waals surface area contributed by atoms with Crippen molar-refractivity contribution in [1.29, 1.82) is 0 Å². The number of hydrogen-bond acceptors (Lipinski definition) is 1. The Morgan fingerprint density at radius 1 is 1.00 bits per heavy atom. The number of anilines is 1. The van der Waals surface area contributed by atoms with E-state index >= 15 is 0 Å². The van der Waals surface area contributed by atoms with Crippen LogP contribution in [0.3, 0.4) is 0 Å². The van der Waals surface area contributed by atoms with E-state index in [1.807, 2.05) is 5.32 Å². The molecule has 1 N–H and O–H groups in total. The number of benzene rings is 2. The summed E-state index contributed by atoms with van der Waals surface area (Å²) in [7, 11) is 0. The highest BCUT2D eigenvalue weighted by Gasteiger charge is 2.33. The maximum Gasteiger partial charge on any atom is 0.418 e. The van der Waals surface area contributed by atoms with Gasteiger partial charge in [0.1, 0.15) is 11.6 Å². The van der Waals surface area contributed by atoms with Crippen LogP contribution in [0.1, 0.15) is 15.9 Å². The molecule has 0 bridgehead atoms.